The summed E-state index contributed by atoms with van der Waals surface area (Å²) in [4.78, 5) is 4.39. The van der Waals surface area contributed by atoms with E-state index in [1.807, 2.05) is 14.1 Å². The predicted molar refractivity (Wildman–Crippen MR) is 99.1 cm³/mol. The molecule has 138 valence electrons. The highest BCUT2D eigenvalue weighted by Gasteiger charge is 2.46. The summed E-state index contributed by atoms with van der Waals surface area (Å²) in [5.41, 5.74) is 2.73. The van der Waals surface area contributed by atoms with Crippen LogP contribution in [0.4, 0.5) is 0 Å². The van der Waals surface area contributed by atoms with E-state index >= 15 is 0 Å². The van der Waals surface area contributed by atoms with Gasteiger partial charge in [-0.05, 0) is 31.6 Å². The molecule has 2 heterocycles. The lowest BCUT2D eigenvalue weighted by Gasteiger charge is -2.37. The second kappa shape index (κ2) is 9.34. The molecule has 7 heteroatoms. The van der Waals surface area contributed by atoms with E-state index in [1.165, 1.54) is 11.1 Å². The van der Waals surface area contributed by atoms with E-state index in [-0.39, 0.29) is 43.6 Å². The standard InChI is InChI=1S/C17H26N2O3.2ClH/c1-18(2)10-14-16(17(21)15(11-20)22-14)19-8-7-12-5-3-4-6-13(12)9-19;;/h3-6,14-17,20-21H,7-11H2,1-2H3;2*1H/t14-,15+,16+,17-;;/m1../s1. The Morgan fingerprint density at radius 3 is 2.46 bits per heavy atom. The minimum Gasteiger partial charge on any atom is -0.394 e. The third kappa shape index (κ3) is 4.41. The Bertz CT molecular complexity index is 518. The molecule has 0 bridgehead atoms. The molecule has 24 heavy (non-hydrogen) atoms. The first-order valence-corrected chi connectivity index (χ1v) is 8.00. The van der Waals surface area contributed by atoms with Crippen LogP contribution >= 0.6 is 24.8 Å². The molecule has 3 rings (SSSR count). The van der Waals surface area contributed by atoms with Crippen molar-refractivity contribution in [3.05, 3.63) is 35.4 Å². The molecule has 0 aromatic heterocycles. The van der Waals surface area contributed by atoms with Gasteiger partial charge in [-0.2, -0.15) is 0 Å². The SMILES string of the molecule is CN(C)C[C@H]1O[C@@H](CO)[C@@H](O)[C@H]1N1CCc2ccccc2C1.Cl.Cl. The van der Waals surface area contributed by atoms with Crippen LogP contribution in [-0.2, 0) is 17.7 Å². The fourth-order valence-electron chi connectivity index (χ4n) is 3.71. The largest absolute Gasteiger partial charge is 0.394 e. The van der Waals surface area contributed by atoms with Crippen LogP contribution in [0.2, 0.25) is 0 Å². The normalized spacial score (nSPS) is 29.7. The highest BCUT2D eigenvalue weighted by atomic mass is 35.5. The first-order chi connectivity index (χ1) is 10.6. The minimum absolute atomic E-state index is 0. The zero-order valence-corrected chi connectivity index (χ0v) is 15.8. The first-order valence-electron chi connectivity index (χ1n) is 8.00. The summed E-state index contributed by atoms with van der Waals surface area (Å²) >= 11 is 0. The Labute approximate surface area is 156 Å². The van der Waals surface area contributed by atoms with Crippen LogP contribution in [0, 0.1) is 0 Å². The third-order valence-electron chi connectivity index (χ3n) is 4.77. The van der Waals surface area contributed by atoms with Crippen molar-refractivity contribution < 1.29 is 14.9 Å². The lowest BCUT2D eigenvalue weighted by molar-refractivity contribution is -0.0275. The first kappa shape index (κ1) is 21.6. The van der Waals surface area contributed by atoms with Gasteiger partial charge in [-0.25, -0.2) is 0 Å². The Hall–Kier alpha value is -0.400. The topological polar surface area (TPSA) is 56.2 Å². The summed E-state index contributed by atoms with van der Waals surface area (Å²) in [5, 5.41) is 20.0. The van der Waals surface area contributed by atoms with Crippen molar-refractivity contribution in [3.8, 4) is 0 Å². The van der Waals surface area contributed by atoms with E-state index in [4.69, 9.17) is 4.74 Å². The zero-order chi connectivity index (χ0) is 15.7. The Morgan fingerprint density at radius 2 is 1.83 bits per heavy atom. The van der Waals surface area contributed by atoms with Crippen molar-refractivity contribution in [2.75, 3.05) is 33.8 Å². The number of ether oxygens (including phenoxy) is 1. The molecule has 2 N–H and O–H groups in total. The number of halogens is 2. The Kier molecular flexibility index (Phi) is 8.42. The number of nitrogens with zero attached hydrogens (tertiary/aromatic N) is 2. The summed E-state index contributed by atoms with van der Waals surface area (Å²) in [5.74, 6) is 0. The third-order valence-corrected chi connectivity index (χ3v) is 4.77. The molecule has 1 fully saturated rings. The number of hydrogen-bond acceptors (Lipinski definition) is 5. The van der Waals surface area contributed by atoms with Crippen molar-refractivity contribution in [1.82, 2.24) is 9.80 Å². The van der Waals surface area contributed by atoms with Crippen LogP contribution in [0.5, 0.6) is 0 Å². The summed E-state index contributed by atoms with van der Waals surface area (Å²) < 4.78 is 5.90. The summed E-state index contributed by atoms with van der Waals surface area (Å²) in [7, 11) is 4.01. The van der Waals surface area contributed by atoms with Gasteiger partial charge in [-0.1, -0.05) is 24.3 Å². The molecule has 1 aromatic carbocycles. The van der Waals surface area contributed by atoms with Crippen LogP contribution in [0.1, 0.15) is 11.1 Å². The van der Waals surface area contributed by atoms with Gasteiger partial charge in [0.05, 0.1) is 18.8 Å². The summed E-state index contributed by atoms with van der Waals surface area (Å²) in [6.07, 6.45) is -0.197. The van der Waals surface area contributed by atoms with Crippen LogP contribution < -0.4 is 0 Å². The maximum atomic E-state index is 10.6. The molecule has 4 atom stereocenters. The molecular weight excluding hydrogens is 351 g/mol. The van der Waals surface area contributed by atoms with Crippen LogP contribution in [0.15, 0.2) is 24.3 Å². The fourth-order valence-corrected chi connectivity index (χ4v) is 3.71. The van der Waals surface area contributed by atoms with Crippen LogP contribution in [0.3, 0.4) is 0 Å². The van der Waals surface area contributed by atoms with Gasteiger partial charge in [0, 0.05) is 19.6 Å². The number of fused-ring (bicyclic) bond motifs is 1. The van der Waals surface area contributed by atoms with E-state index in [2.05, 4.69) is 34.1 Å². The molecule has 2 aliphatic heterocycles. The molecule has 0 amide bonds. The van der Waals surface area contributed by atoms with Gasteiger partial charge >= 0.3 is 0 Å². The molecular formula is C17H28Cl2N2O3. The lowest BCUT2D eigenvalue weighted by atomic mass is 9.95. The number of aliphatic hydroxyl groups excluding tert-OH is 2. The quantitative estimate of drug-likeness (QED) is 0.816. The molecule has 0 saturated carbocycles. The van der Waals surface area contributed by atoms with Crippen molar-refractivity contribution in [2.24, 2.45) is 0 Å². The number of rotatable bonds is 4. The van der Waals surface area contributed by atoms with Crippen molar-refractivity contribution in [3.63, 3.8) is 0 Å². The molecule has 5 nitrogen and oxygen atoms in total. The van der Waals surface area contributed by atoms with E-state index in [9.17, 15) is 10.2 Å². The van der Waals surface area contributed by atoms with E-state index in [0.29, 0.717) is 0 Å². The average molecular weight is 379 g/mol. The van der Waals surface area contributed by atoms with E-state index in [1.54, 1.807) is 0 Å². The van der Waals surface area contributed by atoms with Crippen molar-refractivity contribution in [1.29, 1.82) is 0 Å². The van der Waals surface area contributed by atoms with Crippen molar-refractivity contribution in [2.45, 2.75) is 37.3 Å². The number of benzene rings is 1. The van der Waals surface area contributed by atoms with E-state index in [0.717, 1.165) is 26.1 Å². The van der Waals surface area contributed by atoms with Gasteiger partial charge in [0.1, 0.15) is 12.2 Å². The minimum atomic E-state index is -0.639. The maximum absolute atomic E-state index is 10.6. The monoisotopic (exact) mass is 378 g/mol. The second-order valence-corrected chi connectivity index (χ2v) is 6.63. The van der Waals surface area contributed by atoms with Gasteiger partial charge in [-0.15, -0.1) is 24.8 Å². The molecule has 0 radical (unpaired) electrons. The Balaban J connectivity index is 0.00000144. The smallest absolute Gasteiger partial charge is 0.109 e. The highest BCUT2D eigenvalue weighted by Crippen LogP contribution is 2.30. The second-order valence-electron chi connectivity index (χ2n) is 6.63. The maximum Gasteiger partial charge on any atom is 0.109 e. The molecule has 1 saturated heterocycles. The van der Waals surface area contributed by atoms with Gasteiger partial charge in [0.25, 0.3) is 0 Å². The van der Waals surface area contributed by atoms with Gasteiger partial charge < -0.3 is 19.8 Å². The van der Waals surface area contributed by atoms with Gasteiger partial charge in [0.2, 0.25) is 0 Å². The molecule has 1 aromatic rings. The predicted octanol–water partition coefficient (Wildman–Crippen LogP) is 0.939. The van der Waals surface area contributed by atoms with Gasteiger partial charge in [0.15, 0.2) is 0 Å². The Morgan fingerprint density at radius 1 is 1.17 bits per heavy atom. The lowest BCUT2D eigenvalue weighted by Crippen LogP contribution is -2.52. The summed E-state index contributed by atoms with van der Waals surface area (Å²) in [6.45, 7) is 2.37. The fraction of sp³-hybridized carbons (Fsp3) is 0.647. The van der Waals surface area contributed by atoms with Crippen LogP contribution in [0.25, 0.3) is 0 Å². The molecule has 0 unspecified atom stereocenters. The number of likely N-dealkylation sites (N-methyl/N-ethyl adjacent to an activating group) is 1. The van der Waals surface area contributed by atoms with Crippen LogP contribution in [-0.4, -0.2) is 78.2 Å². The molecule has 0 aliphatic carbocycles. The molecule has 2 aliphatic rings. The number of hydrogen-bond donors (Lipinski definition) is 2. The summed E-state index contributed by atoms with van der Waals surface area (Å²) in [6, 6.07) is 8.43. The van der Waals surface area contributed by atoms with E-state index < -0.39 is 12.2 Å². The zero-order valence-electron chi connectivity index (χ0n) is 14.2. The average Bonchev–Trinajstić information content (AvgIpc) is 2.81. The number of aliphatic hydroxyl groups is 2. The van der Waals surface area contributed by atoms with Crippen molar-refractivity contribution >= 4 is 24.8 Å². The molecule has 0 spiro atoms. The van der Waals surface area contributed by atoms with Gasteiger partial charge in [-0.3, -0.25) is 4.90 Å². The highest BCUT2D eigenvalue weighted by molar-refractivity contribution is 5.85.